The molecule has 0 aliphatic rings. The highest BCUT2D eigenvalue weighted by molar-refractivity contribution is 9.09. The summed E-state index contributed by atoms with van der Waals surface area (Å²) in [6.45, 7) is 0.444. The number of hydrogen-bond acceptors (Lipinski definition) is 5. The van der Waals surface area contributed by atoms with Crippen LogP contribution in [0.3, 0.4) is 0 Å². The molecule has 0 unspecified atom stereocenters. The zero-order valence-corrected chi connectivity index (χ0v) is 14.5. The number of fused-ring (bicyclic) bond motifs is 1. The summed E-state index contributed by atoms with van der Waals surface area (Å²) >= 11 is 3.26. The Labute approximate surface area is 146 Å². The SMILES string of the molecule is COc1ccc(-c2coc3cc(OCCBr)cc(O)c3c2=O)cc1. The highest BCUT2D eigenvalue weighted by atomic mass is 79.9. The third-order valence-corrected chi connectivity index (χ3v) is 3.90. The van der Waals surface area contributed by atoms with E-state index in [4.69, 9.17) is 13.9 Å². The van der Waals surface area contributed by atoms with Gasteiger partial charge >= 0.3 is 0 Å². The highest BCUT2D eigenvalue weighted by Crippen LogP contribution is 2.30. The number of benzene rings is 2. The van der Waals surface area contributed by atoms with Crippen molar-refractivity contribution in [3.05, 3.63) is 52.9 Å². The topological polar surface area (TPSA) is 68.9 Å². The summed E-state index contributed by atoms with van der Waals surface area (Å²) in [6.07, 6.45) is 1.39. The molecule has 0 aliphatic carbocycles. The average Bonchev–Trinajstić information content (AvgIpc) is 2.60. The number of phenols is 1. The van der Waals surface area contributed by atoms with Crippen molar-refractivity contribution in [2.24, 2.45) is 0 Å². The lowest BCUT2D eigenvalue weighted by molar-refractivity contribution is 0.342. The normalized spacial score (nSPS) is 10.8. The van der Waals surface area contributed by atoms with Crippen LogP contribution in [0.25, 0.3) is 22.1 Å². The smallest absolute Gasteiger partial charge is 0.204 e. The zero-order valence-electron chi connectivity index (χ0n) is 12.9. The second-order valence-electron chi connectivity index (χ2n) is 5.06. The summed E-state index contributed by atoms with van der Waals surface area (Å²) in [4.78, 5) is 12.7. The van der Waals surface area contributed by atoms with E-state index in [2.05, 4.69) is 15.9 Å². The van der Waals surface area contributed by atoms with Crippen LogP contribution in [-0.4, -0.2) is 24.2 Å². The van der Waals surface area contributed by atoms with E-state index in [1.54, 1.807) is 37.4 Å². The second-order valence-corrected chi connectivity index (χ2v) is 5.85. The lowest BCUT2D eigenvalue weighted by atomic mass is 10.0. The number of alkyl halides is 1. The average molecular weight is 391 g/mol. The molecule has 0 bridgehead atoms. The Morgan fingerprint density at radius 1 is 1.17 bits per heavy atom. The molecule has 2 aromatic carbocycles. The number of halogens is 1. The van der Waals surface area contributed by atoms with Gasteiger partial charge in [-0.3, -0.25) is 4.79 Å². The van der Waals surface area contributed by atoms with E-state index in [1.165, 1.54) is 12.3 Å². The van der Waals surface area contributed by atoms with Gasteiger partial charge in [-0.1, -0.05) is 28.1 Å². The second kappa shape index (κ2) is 6.97. The molecule has 1 heterocycles. The van der Waals surface area contributed by atoms with Gasteiger partial charge in [0.15, 0.2) is 0 Å². The standard InChI is InChI=1S/C18H15BrO5/c1-22-12-4-2-11(3-5-12)14-10-24-16-9-13(23-7-6-19)8-15(20)17(16)18(14)21/h2-5,8-10,20H,6-7H2,1H3. The number of phenolic OH excluding ortho intramolecular Hbond substituents is 1. The minimum Gasteiger partial charge on any atom is -0.507 e. The maximum Gasteiger partial charge on any atom is 0.204 e. The number of ether oxygens (including phenoxy) is 2. The summed E-state index contributed by atoms with van der Waals surface area (Å²) < 4.78 is 16.1. The molecule has 0 amide bonds. The first-order chi connectivity index (χ1) is 11.6. The van der Waals surface area contributed by atoms with Gasteiger partial charge in [0.25, 0.3) is 0 Å². The molecule has 0 saturated carbocycles. The van der Waals surface area contributed by atoms with Crippen molar-refractivity contribution in [1.82, 2.24) is 0 Å². The molecule has 1 aromatic heterocycles. The van der Waals surface area contributed by atoms with Gasteiger partial charge in [-0.2, -0.15) is 0 Å². The lowest BCUT2D eigenvalue weighted by Crippen LogP contribution is -2.06. The van der Waals surface area contributed by atoms with Gasteiger partial charge in [-0.15, -0.1) is 0 Å². The largest absolute Gasteiger partial charge is 0.507 e. The van der Waals surface area contributed by atoms with Crippen LogP contribution >= 0.6 is 15.9 Å². The van der Waals surface area contributed by atoms with E-state index in [0.29, 0.717) is 34.6 Å². The van der Waals surface area contributed by atoms with Crippen LogP contribution in [0.2, 0.25) is 0 Å². The zero-order chi connectivity index (χ0) is 17.1. The Hall–Kier alpha value is -2.47. The quantitative estimate of drug-likeness (QED) is 0.668. The van der Waals surface area contributed by atoms with Crippen LogP contribution < -0.4 is 14.9 Å². The molecule has 0 saturated heterocycles. The molecule has 24 heavy (non-hydrogen) atoms. The first-order valence-electron chi connectivity index (χ1n) is 7.25. The molecule has 1 N–H and O–H groups in total. The first-order valence-corrected chi connectivity index (χ1v) is 8.38. The highest BCUT2D eigenvalue weighted by Gasteiger charge is 2.14. The lowest BCUT2D eigenvalue weighted by Gasteiger charge is -2.08. The number of methoxy groups -OCH3 is 1. The maximum absolute atomic E-state index is 12.7. The fourth-order valence-corrected chi connectivity index (χ4v) is 2.58. The van der Waals surface area contributed by atoms with E-state index in [9.17, 15) is 9.90 Å². The number of rotatable bonds is 5. The molecule has 5 nitrogen and oxygen atoms in total. The van der Waals surface area contributed by atoms with Gasteiger partial charge in [-0.05, 0) is 17.7 Å². The molecular weight excluding hydrogens is 376 g/mol. The summed E-state index contributed by atoms with van der Waals surface area (Å²) in [5.74, 6) is 0.973. The maximum atomic E-state index is 12.7. The van der Waals surface area contributed by atoms with Gasteiger partial charge in [0.1, 0.15) is 34.5 Å². The van der Waals surface area contributed by atoms with Crippen LogP contribution in [0, 0.1) is 0 Å². The molecule has 3 aromatic rings. The minimum atomic E-state index is -0.300. The monoisotopic (exact) mass is 390 g/mol. The Kier molecular flexibility index (Phi) is 4.76. The van der Waals surface area contributed by atoms with Crippen LogP contribution in [0.15, 0.2) is 51.9 Å². The Morgan fingerprint density at radius 3 is 2.58 bits per heavy atom. The molecule has 0 spiro atoms. The van der Waals surface area contributed by atoms with Crippen LogP contribution in [0.1, 0.15) is 0 Å². The summed E-state index contributed by atoms with van der Waals surface area (Å²) in [6, 6.07) is 10.1. The van der Waals surface area contributed by atoms with Crippen molar-refractivity contribution >= 4 is 26.9 Å². The molecule has 0 atom stereocenters. The number of aromatic hydroxyl groups is 1. The van der Waals surface area contributed by atoms with Crippen molar-refractivity contribution in [1.29, 1.82) is 0 Å². The van der Waals surface area contributed by atoms with E-state index in [1.807, 2.05) is 0 Å². The van der Waals surface area contributed by atoms with Crippen LogP contribution in [-0.2, 0) is 0 Å². The van der Waals surface area contributed by atoms with E-state index < -0.39 is 0 Å². The third-order valence-electron chi connectivity index (χ3n) is 3.58. The Balaban J connectivity index is 2.10. The van der Waals surface area contributed by atoms with Crippen molar-refractivity contribution in [3.63, 3.8) is 0 Å². The predicted octanol–water partition coefficient (Wildman–Crippen LogP) is 3.95. The van der Waals surface area contributed by atoms with Gasteiger partial charge in [0.2, 0.25) is 5.43 Å². The van der Waals surface area contributed by atoms with E-state index in [-0.39, 0.29) is 22.1 Å². The molecule has 0 fully saturated rings. The minimum absolute atomic E-state index is 0.134. The van der Waals surface area contributed by atoms with Crippen LogP contribution in [0.4, 0.5) is 0 Å². The Morgan fingerprint density at radius 2 is 1.92 bits per heavy atom. The van der Waals surface area contributed by atoms with Gasteiger partial charge in [0, 0.05) is 17.5 Å². The molecule has 6 heteroatoms. The van der Waals surface area contributed by atoms with Crippen molar-refractivity contribution in [3.8, 4) is 28.4 Å². The molecule has 3 rings (SSSR count). The van der Waals surface area contributed by atoms with Crippen molar-refractivity contribution in [2.75, 3.05) is 19.0 Å². The molecular formula is C18H15BrO5. The van der Waals surface area contributed by atoms with E-state index >= 15 is 0 Å². The fourth-order valence-electron chi connectivity index (χ4n) is 2.42. The predicted molar refractivity (Wildman–Crippen MR) is 95.4 cm³/mol. The van der Waals surface area contributed by atoms with Gasteiger partial charge < -0.3 is 19.0 Å². The number of hydrogen-bond donors (Lipinski definition) is 1. The van der Waals surface area contributed by atoms with Gasteiger partial charge in [0.05, 0.1) is 19.3 Å². The summed E-state index contributed by atoms with van der Waals surface area (Å²) in [5, 5.41) is 11.0. The van der Waals surface area contributed by atoms with Crippen LogP contribution in [0.5, 0.6) is 17.2 Å². The molecule has 124 valence electrons. The van der Waals surface area contributed by atoms with E-state index in [0.717, 1.165) is 0 Å². The third kappa shape index (κ3) is 3.10. The Bertz CT molecular complexity index is 915. The summed E-state index contributed by atoms with van der Waals surface area (Å²) in [5.41, 5.74) is 1.04. The van der Waals surface area contributed by atoms with Gasteiger partial charge in [-0.25, -0.2) is 0 Å². The summed E-state index contributed by atoms with van der Waals surface area (Å²) in [7, 11) is 1.58. The molecule has 0 aliphatic heterocycles. The van der Waals surface area contributed by atoms with Crippen molar-refractivity contribution in [2.45, 2.75) is 0 Å². The fraction of sp³-hybridized carbons (Fsp3) is 0.167. The molecule has 0 radical (unpaired) electrons. The van der Waals surface area contributed by atoms with Crippen molar-refractivity contribution < 1.29 is 19.0 Å². The first kappa shape index (κ1) is 16.4.